The van der Waals surface area contributed by atoms with Gasteiger partial charge in [0.15, 0.2) is 0 Å². The Kier molecular flexibility index (Phi) is 4.87. The van der Waals surface area contributed by atoms with Crippen molar-refractivity contribution in [3.8, 4) is 0 Å². The molecule has 1 saturated carbocycles. The van der Waals surface area contributed by atoms with E-state index in [1.165, 1.54) is 44.9 Å². The largest absolute Gasteiger partial charge is 0.370 e. The van der Waals surface area contributed by atoms with Crippen molar-refractivity contribution in [3.63, 3.8) is 0 Å². The molecule has 1 fully saturated rings. The molecule has 0 radical (unpaired) electrons. The van der Waals surface area contributed by atoms with Crippen LogP contribution in [-0.4, -0.2) is 5.91 Å². The third-order valence-corrected chi connectivity index (χ3v) is 3.01. The van der Waals surface area contributed by atoms with Gasteiger partial charge in [-0.05, 0) is 12.3 Å². The third-order valence-electron chi connectivity index (χ3n) is 3.01. The summed E-state index contributed by atoms with van der Waals surface area (Å²) in [6, 6.07) is 0. The van der Waals surface area contributed by atoms with E-state index in [1.54, 1.807) is 0 Å². The fourth-order valence-electron chi connectivity index (χ4n) is 2.21. The zero-order valence-corrected chi connectivity index (χ0v) is 8.43. The predicted octanol–water partition coefficient (Wildman–Crippen LogP) is 2.61. The number of carbonyl (C=O) groups excluding carboxylic acids is 1. The number of carbonyl (C=O) groups is 1. The summed E-state index contributed by atoms with van der Waals surface area (Å²) < 4.78 is 0. The van der Waals surface area contributed by atoms with Crippen LogP contribution in [0.15, 0.2) is 0 Å². The van der Waals surface area contributed by atoms with E-state index in [9.17, 15) is 4.79 Å². The highest BCUT2D eigenvalue weighted by atomic mass is 16.1. The molecule has 0 aromatic rings. The topological polar surface area (TPSA) is 43.1 Å². The highest BCUT2D eigenvalue weighted by Crippen LogP contribution is 2.27. The van der Waals surface area contributed by atoms with Crippen molar-refractivity contribution in [1.82, 2.24) is 0 Å². The summed E-state index contributed by atoms with van der Waals surface area (Å²) in [5.41, 5.74) is 5.07. The fraction of sp³-hybridized carbons (Fsp3) is 0.909. The molecule has 0 unspecified atom stereocenters. The minimum Gasteiger partial charge on any atom is -0.370 e. The molecule has 0 saturated heterocycles. The first-order valence-electron chi connectivity index (χ1n) is 5.57. The molecule has 0 bridgehead atoms. The van der Waals surface area contributed by atoms with E-state index in [1.807, 2.05) is 0 Å². The predicted molar refractivity (Wildman–Crippen MR) is 54.2 cm³/mol. The lowest BCUT2D eigenvalue weighted by Gasteiger charge is -2.20. The van der Waals surface area contributed by atoms with E-state index < -0.39 is 0 Å². The third kappa shape index (κ3) is 4.91. The highest BCUT2D eigenvalue weighted by Gasteiger charge is 2.12. The molecule has 2 nitrogen and oxygen atoms in total. The Labute approximate surface area is 80.9 Å². The standard InChI is InChI=1S/C11H21NO/c12-11(13)9-5-4-8-10-6-2-1-3-7-10/h10H,1-9H2,(H2,12,13). The van der Waals surface area contributed by atoms with Crippen LogP contribution in [0.4, 0.5) is 0 Å². The van der Waals surface area contributed by atoms with Gasteiger partial charge in [-0.3, -0.25) is 4.79 Å². The fourth-order valence-corrected chi connectivity index (χ4v) is 2.21. The van der Waals surface area contributed by atoms with E-state index in [2.05, 4.69) is 0 Å². The van der Waals surface area contributed by atoms with Gasteiger partial charge in [-0.2, -0.15) is 0 Å². The van der Waals surface area contributed by atoms with Crippen LogP contribution in [0.3, 0.4) is 0 Å². The summed E-state index contributed by atoms with van der Waals surface area (Å²) in [4.78, 5) is 10.5. The molecule has 76 valence electrons. The van der Waals surface area contributed by atoms with Gasteiger partial charge < -0.3 is 5.73 Å². The molecular formula is C11H21NO. The summed E-state index contributed by atoms with van der Waals surface area (Å²) in [5.74, 6) is 0.797. The van der Waals surface area contributed by atoms with Crippen molar-refractivity contribution in [2.75, 3.05) is 0 Å². The van der Waals surface area contributed by atoms with E-state index >= 15 is 0 Å². The number of hydrogen-bond donors (Lipinski definition) is 1. The van der Waals surface area contributed by atoms with Crippen LogP contribution < -0.4 is 5.73 Å². The summed E-state index contributed by atoms with van der Waals surface area (Å²) in [6.45, 7) is 0. The van der Waals surface area contributed by atoms with Crippen LogP contribution in [0.5, 0.6) is 0 Å². The maximum Gasteiger partial charge on any atom is 0.217 e. The maximum absolute atomic E-state index is 10.5. The van der Waals surface area contributed by atoms with Gasteiger partial charge in [-0.15, -0.1) is 0 Å². The van der Waals surface area contributed by atoms with Crippen molar-refractivity contribution >= 4 is 5.91 Å². The van der Waals surface area contributed by atoms with Crippen molar-refractivity contribution in [2.45, 2.75) is 57.8 Å². The molecule has 0 aliphatic heterocycles. The van der Waals surface area contributed by atoms with Crippen molar-refractivity contribution in [3.05, 3.63) is 0 Å². The molecule has 0 spiro atoms. The Morgan fingerprint density at radius 3 is 2.46 bits per heavy atom. The molecule has 13 heavy (non-hydrogen) atoms. The number of amides is 1. The lowest BCUT2D eigenvalue weighted by molar-refractivity contribution is -0.118. The number of rotatable bonds is 5. The number of hydrogen-bond acceptors (Lipinski definition) is 1. The van der Waals surface area contributed by atoms with Crippen LogP contribution in [0.2, 0.25) is 0 Å². The van der Waals surface area contributed by atoms with Gasteiger partial charge in [-0.1, -0.05) is 44.9 Å². The van der Waals surface area contributed by atoms with Gasteiger partial charge in [0.05, 0.1) is 0 Å². The van der Waals surface area contributed by atoms with Gasteiger partial charge >= 0.3 is 0 Å². The SMILES string of the molecule is NC(=O)CCCCC1CCCCC1. The van der Waals surface area contributed by atoms with E-state index in [-0.39, 0.29) is 5.91 Å². The second kappa shape index (κ2) is 6.01. The van der Waals surface area contributed by atoms with Crippen molar-refractivity contribution < 1.29 is 4.79 Å². The first-order valence-corrected chi connectivity index (χ1v) is 5.57. The summed E-state index contributed by atoms with van der Waals surface area (Å²) >= 11 is 0. The van der Waals surface area contributed by atoms with Crippen LogP contribution in [0.1, 0.15) is 57.8 Å². The molecule has 1 amide bonds. The van der Waals surface area contributed by atoms with E-state index in [0.29, 0.717) is 6.42 Å². The zero-order chi connectivity index (χ0) is 9.52. The molecular weight excluding hydrogens is 162 g/mol. The second-order valence-corrected chi connectivity index (χ2v) is 4.22. The Morgan fingerprint density at radius 1 is 1.15 bits per heavy atom. The Morgan fingerprint density at radius 2 is 1.85 bits per heavy atom. The maximum atomic E-state index is 10.5. The van der Waals surface area contributed by atoms with E-state index in [4.69, 9.17) is 5.73 Å². The molecule has 1 aliphatic rings. The first-order chi connectivity index (χ1) is 6.29. The van der Waals surface area contributed by atoms with Crippen molar-refractivity contribution in [2.24, 2.45) is 11.7 Å². The van der Waals surface area contributed by atoms with Crippen molar-refractivity contribution in [1.29, 1.82) is 0 Å². The van der Waals surface area contributed by atoms with Gasteiger partial charge in [0.2, 0.25) is 5.91 Å². The second-order valence-electron chi connectivity index (χ2n) is 4.22. The summed E-state index contributed by atoms with van der Waals surface area (Å²) in [6.07, 6.45) is 11.2. The minimum absolute atomic E-state index is 0.149. The Hall–Kier alpha value is -0.530. The van der Waals surface area contributed by atoms with Crippen LogP contribution in [0.25, 0.3) is 0 Å². The summed E-state index contributed by atoms with van der Waals surface area (Å²) in [5, 5.41) is 0. The monoisotopic (exact) mass is 183 g/mol. The van der Waals surface area contributed by atoms with Gasteiger partial charge in [-0.25, -0.2) is 0 Å². The number of nitrogens with two attached hydrogens (primary N) is 1. The summed E-state index contributed by atoms with van der Waals surface area (Å²) in [7, 11) is 0. The van der Waals surface area contributed by atoms with Crippen LogP contribution in [0, 0.1) is 5.92 Å². The average Bonchev–Trinajstić information content (AvgIpc) is 2.14. The molecule has 2 heteroatoms. The highest BCUT2D eigenvalue weighted by molar-refractivity contribution is 5.73. The zero-order valence-electron chi connectivity index (χ0n) is 8.43. The van der Waals surface area contributed by atoms with Gasteiger partial charge in [0.1, 0.15) is 0 Å². The Balaban J connectivity index is 1.95. The van der Waals surface area contributed by atoms with Gasteiger partial charge in [0, 0.05) is 6.42 Å². The van der Waals surface area contributed by atoms with Crippen LogP contribution >= 0.6 is 0 Å². The lowest BCUT2D eigenvalue weighted by atomic mass is 9.85. The van der Waals surface area contributed by atoms with Gasteiger partial charge in [0.25, 0.3) is 0 Å². The van der Waals surface area contributed by atoms with E-state index in [0.717, 1.165) is 12.3 Å². The molecule has 0 heterocycles. The minimum atomic E-state index is -0.149. The smallest absolute Gasteiger partial charge is 0.217 e. The first kappa shape index (κ1) is 10.6. The quantitative estimate of drug-likeness (QED) is 0.654. The molecule has 0 atom stereocenters. The molecule has 2 N–H and O–H groups in total. The Bertz CT molecular complexity index is 150. The number of primary amides is 1. The lowest BCUT2D eigenvalue weighted by Crippen LogP contribution is -2.10. The molecule has 0 aromatic heterocycles. The number of unbranched alkanes of at least 4 members (excludes halogenated alkanes) is 1. The molecule has 1 rings (SSSR count). The molecule has 1 aliphatic carbocycles. The molecule has 0 aromatic carbocycles. The normalized spacial score (nSPS) is 18.8. The van der Waals surface area contributed by atoms with Crippen LogP contribution in [-0.2, 0) is 4.79 Å². The average molecular weight is 183 g/mol.